The van der Waals surface area contributed by atoms with E-state index >= 15 is 0 Å². The molecule has 1 aliphatic heterocycles. The predicted octanol–water partition coefficient (Wildman–Crippen LogP) is 5.02. The van der Waals surface area contributed by atoms with Crippen LogP contribution >= 0.6 is 0 Å². The molecule has 2 aromatic rings. The highest BCUT2D eigenvalue weighted by Gasteiger charge is 2.27. The standard InChI is InChI=1S/C28H41FN4O6/c1-18(2)24-31-26(39-32-24)33-13-11-19(12-14-33)8-7-15-37-21-10-9-20(22(29)17-21)16-23(25(34)36-6)30-27(35)38-28(3,4)5/h9-10,17-19,23H,7-8,11-16H2,1-6H3,(H,30,35). The van der Waals surface area contributed by atoms with Gasteiger partial charge in [0.2, 0.25) is 0 Å². The van der Waals surface area contributed by atoms with E-state index in [0.29, 0.717) is 24.3 Å². The van der Waals surface area contributed by atoms with Gasteiger partial charge in [0.15, 0.2) is 5.82 Å². The Hall–Kier alpha value is -3.37. The molecule has 1 aliphatic rings. The molecule has 1 aromatic heterocycles. The van der Waals surface area contributed by atoms with E-state index < -0.39 is 29.5 Å². The Morgan fingerprint density at radius 1 is 1.23 bits per heavy atom. The van der Waals surface area contributed by atoms with Crippen LogP contribution in [0.5, 0.6) is 5.75 Å². The van der Waals surface area contributed by atoms with Gasteiger partial charge < -0.3 is 29.0 Å². The minimum Gasteiger partial charge on any atom is -0.493 e. The molecule has 0 bridgehead atoms. The number of halogens is 1. The summed E-state index contributed by atoms with van der Waals surface area (Å²) in [6.07, 6.45) is 3.10. The van der Waals surface area contributed by atoms with Crippen LogP contribution in [0.2, 0.25) is 0 Å². The largest absolute Gasteiger partial charge is 0.493 e. The van der Waals surface area contributed by atoms with Crippen molar-refractivity contribution in [1.29, 1.82) is 0 Å². The van der Waals surface area contributed by atoms with Gasteiger partial charge in [-0.1, -0.05) is 25.1 Å². The van der Waals surface area contributed by atoms with Crippen LogP contribution in [0.1, 0.15) is 77.6 Å². The van der Waals surface area contributed by atoms with Gasteiger partial charge in [-0.25, -0.2) is 14.0 Å². The summed E-state index contributed by atoms with van der Waals surface area (Å²) >= 11 is 0. The first kappa shape index (κ1) is 30.2. The average Bonchev–Trinajstić information content (AvgIpc) is 3.37. The molecule has 0 saturated carbocycles. The van der Waals surface area contributed by atoms with Crippen LogP contribution < -0.4 is 15.0 Å². The number of carbonyl (C=O) groups is 2. The highest BCUT2D eigenvalue weighted by Crippen LogP contribution is 2.26. The normalized spacial score (nSPS) is 15.2. The van der Waals surface area contributed by atoms with Crippen molar-refractivity contribution in [2.24, 2.45) is 5.92 Å². The Labute approximate surface area is 229 Å². The molecule has 1 N–H and O–H groups in total. The molecule has 2 heterocycles. The fraction of sp³-hybridized carbons (Fsp3) is 0.643. The molecule has 0 radical (unpaired) electrons. The number of hydrogen-bond donors (Lipinski definition) is 1. The van der Waals surface area contributed by atoms with Crippen LogP contribution in [-0.2, 0) is 20.7 Å². The molecule has 1 amide bonds. The second-order valence-electron chi connectivity index (χ2n) is 11.2. The summed E-state index contributed by atoms with van der Waals surface area (Å²) in [6, 6.07) is 4.02. The van der Waals surface area contributed by atoms with E-state index in [4.69, 9.17) is 18.7 Å². The number of nitrogens with one attached hydrogen (secondary N) is 1. The molecular formula is C28H41FN4O6. The lowest BCUT2D eigenvalue weighted by Gasteiger charge is -2.30. The molecule has 216 valence electrons. The lowest BCUT2D eigenvalue weighted by molar-refractivity contribution is -0.143. The van der Waals surface area contributed by atoms with E-state index in [1.54, 1.807) is 32.9 Å². The molecule has 1 unspecified atom stereocenters. The molecule has 1 aromatic carbocycles. The smallest absolute Gasteiger partial charge is 0.408 e. The van der Waals surface area contributed by atoms with Crippen molar-refractivity contribution >= 4 is 18.1 Å². The van der Waals surface area contributed by atoms with Crippen LogP contribution in [0.4, 0.5) is 15.2 Å². The van der Waals surface area contributed by atoms with E-state index in [9.17, 15) is 14.0 Å². The first-order valence-corrected chi connectivity index (χ1v) is 13.5. The van der Waals surface area contributed by atoms with Gasteiger partial charge in [0.25, 0.3) is 0 Å². The van der Waals surface area contributed by atoms with Gasteiger partial charge in [-0.05, 0) is 64.0 Å². The number of alkyl carbamates (subject to hydrolysis) is 1. The Morgan fingerprint density at radius 3 is 2.54 bits per heavy atom. The Morgan fingerprint density at radius 2 is 1.95 bits per heavy atom. The maximum Gasteiger partial charge on any atom is 0.408 e. The maximum atomic E-state index is 14.8. The van der Waals surface area contributed by atoms with Crippen LogP contribution in [0.15, 0.2) is 22.7 Å². The molecule has 39 heavy (non-hydrogen) atoms. The topological polar surface area (TPSA) is 116 Å². The third-order valence-corrected chi connectivity index (χ3v) is 6.48. The number of carbonyl (C=O) groups excluding carboxylic acids is 2. The molecule has 11 heteroatoms. The monoisotopic (exact) mass is 548 g/mol. The Kier molecular flexibility index (Phi) is 10.5. The molecular weight excluding hydrogens is 507 g/mol. The summed E-state index contributed by atoms with van der Waals surface area (Å²) in [4.78, 5) is 30.9. The van der Waals surface area contributed by atoms with E-state index in [-0.39, 0.29) is 17.9 Å². The lowest BCUT2D eigenvalue weighted by Crippen LogP contribution is -2.45. The number of aromatic nitrogens is 2. The number of hydrogen-bond acceptors (Lipinski definition) is 9. The molecule has 1 atom stereocenters. The van der Waals surface area contributed by atoms with Crippen molar-refractivity contribution in [2.75, 3.05) is 31.7 Å². The summed E-state index contributed by atoms with van der Waals surface area (Å²) in [5.41, 5.74) is -0.485. The van der Waals surface area contributed by atoms with Gasteiger partial charge in [-0.3, -0.25) is 0 Å². The van der Waals surface area contributed by atoms with Gasteiger partial charge in [0.05, 0.1) is 13.7 Å². The number of nitrogens with zero attached hydrogens (tertiary/aromatic N) is 3. The number of anilines is 1. The van der Waals surface area contributed by atoms with E-state index in [1.807, 2.05) is 13.8 Å². The van der Waals surface area contributed by atoms with Crippen molar-refractivity contribution in [1.82, 2.24) is 15.5 Å². The SMILES string of the molecule is COC(=O)C(Cc1ccc(OCCCC2CCN(c3nc(C(C)C)no3)CC2)cc1F)NC(=O)OC(C)(C)C. The minimum atomic E-state index is -1.09. The third kappa shape index (κ3) is 9.40. The number of amides is 1. The average molecular weight is 549 g/mol. The maximum absolute atomic E-state index is 14.8. The highest BCUT2D eigenvalue weighted by molar-refractivity contribution is 5.81. The van der Waals surface area contributed by atoms with E-state index in [0.717, 1.165) is 44.6 Å². The first-order valence-electron chi connectivity index (χ1n) is 13.5. The fourth-order valence-electron chi connectivity index (χ4n) is 4.35. The molecule has 1 fully saturated rings. The molecule has 0 aliphatic carbocycles. The fourth-order valence-corrected chi connectivity index (χ4v) is 4.35. The first-order chi connectivity index (χ1) is 18.4. The van der Waals surface area contributed by atoms with Crippen LogP contribution in [0, 0.1) is 11.7 Å². The van der Waals surface area contributed by atoms with Gasteiger partial charge in [-0.15, -0.1) is 0 Å². The molecule has 0 spiro atoms. The van der Waals surface area contributed by atoms with Crippen molar-refractivity contribution < 1.29 is 32.7 Å². The zero-order chi connectivity index (χ0) is 28.6. The number of methoxy groups -OCH3 is 1. The predicted molar refractivity (Wildman–Crippen MR) is 143 cm³/mol. The second kappa shape index (κ2) is 13.6. The number of ether oxygens (including phenoxy) is 3. The van der Waals surface area contributed by atoms with Crippen molar-refractivity contribution in [2.45, 2.75) is 84.3 Å². The van der Waals surface area contributed by atoms with Crippen LogP contribution in [0.25, 0.3) is 0 Å². The van der Waals surface area contributed by atoms with Gasteiger partial charge in [0.1, 0.15) is 23.2 Å². The van der Waals surface area contributed by atoms with Crippen molar-refractivity contribution in [3.05, 3.63) is 35.4 Å². The summed E-state index contributed by atoms with van der Waals surface area (Å²) < 4.78 is 36.0. The summed E-state index contributed by atoms with van der Waals surface area (Å²) in [5, 5.41) is 6.50. The molecule has 1 saturated heterocycles. The number of rotatable bonds is 11. The van der Waals surface area contributed by atoms with E-state index in [1.165, 1.54) is 13.2 Å². The van der Waals surface area contributed by atoms with Crippen molar-refractivity contribution in [3.63, 3.8) is 0 Å². The third-order valence-electron chi connectivity index (χ3n) is 6.48. The summed E-state index contributed by atoms with van der Waals surface area (Å²) in [7, 11) is 1.21. The van der Waals surface area contributed by atoms with Crippen LogP contribution in [0.3, 0.4) is 0 Å². The van der Waals surface area contributed by atoms with Crippen LogP contribution in [-0.4, -0.2) is 60.7 Å². The van der Waals surface area contributed by atoms with E-state index in [2.05, 4.69) is 20.4 Å². The molecule has 3 rings (SSSR count). The van der Waals surface area contributed by atoms with Crippen molar-refractivity contribution in [3.8, 4) is 5.75 Å². The molecule has 10 nitrogen and oxygen atoms in total. The summed E-state index contributed by atoms with van der Waals surface area (Å²) in [6.45, 7) is 11.5. The van der Waals surface area contributed by atoms with Gasteiger partial charge >= 0.3 is 18.1 Å². The lowest BCUT2D eigenvalue weighted by atomic mass is 9.92. The minimum absolute atomic E-state index is 0.0842. The number of esters is 1. The Bertz CT molecular complexity index is 1090. The zero-order valence-corrected chi connectivity index (χ0v) is 23.8. The van der Waals surface area contributed by atoms with Gasteiger partial charge in [0, 0.05) is 31.5 Å². The number of benzene rings is 1. The number of piperidine rings is 1. The van der Waals surface area contributed by atoms with Gasteiger partial charge in [-0.2, -0.15) is 4.98 Å². The quantitative estimate of drug-likeness (QED) is 0.305. The second-order valence-corrected chi connectivity index (χ2v) is 11.2. The zero-order valence-electron chi connectivity index (χ0n) is 23.8. The Balaban J connectivity index is 1.42. The summed E-state index contributed by atoms with van der Waals surface area (Å²) in [5.74, 6) is 0.754. The highest BCUT2D eigenvalue weighted by atomic mass is 19.1.